The molecule has 1 aromatic carbocycles. The van der Waals surface area contributed by atoms with Crippen LogP contribution in [0.5, 0.6) is 0 Å². The molecule has 1 unspecified atom stereocenters. The number of hydrogen-bond donors (Lipinski definition) is 0. The van der Waals surface area contributed by atoms with Gasteiger partial charge in [0.25, 0.3) is 0 Å². The normalized spacial score (nSPS) is 12.5. The molecule has 0 radical (unpaired) electrons. The van der Waals surface area contributed by atoms with Gasteiger partial charge in [-0.25, -0.2) is 4.39 Å². The second-order valence-corrected chi connectivity index (χ2v) is 3.17. The third-order valence-electron chi connectivity index (χ3n) is 1.79. The molecular weight excluding hydrogens is 191 g/mol. The van der Waals surface area contributed by atoms with Gasteiger partial charge in [0, 0.05) is 6.42 Å². The minimum atomic E-state index is -0.648. The predicted molar refractivity (Wildman–Crippen MR) is 50.3 cm³/mol. The van der Waals surface area contributed by atoms with Crippen LogP contribution in [0.1, 0.15) is 24.3 Å². The van der Waals surface area contributed by atoms with E-state index in [1.807, 2.05) is 0 Å². The Morgan fingerprint density at radius 2 is 2.00 bits per heavy atom. The Bertz CT molecular complexity index is 294. The number of ketones is 1. The molecule has 0 bridgehead atoms. The van der Waals surface area contributed by atoms with Gasteiger partial charge >= 0.3 is 0 Å². The van der Waals surface area contributed by atoms with Gasteiger partial charge in [-0.3, -0.25) is 4.79 Å². The highest BCUT2D eigenvalue weighted by molar-refractivity contribution is 6.31. The zero-order chi connectivity index (χ0) is 9.84. The van der Waals surface area contributed by atoms with E-state index in [9.17, 15) is 9.18 Å². The summed E-state index contributed by atoms with van der Waals surface area (Å²) >= 11 is 5.84. The molecule has 70 valence electrons. The summed E-state index contributed by atoms with van der Waals surface area (Å²) in [5.41, 5.74) is 0.648. The molecule has 0 heterocycles. The Morgan fingerprint density at radius 1 is 1.46 bits per heavy atom. The summed E-state index contributed by atoms with van der Waals surface area (Å²) in [6.45, 7) is 1.75. The maximum Gasteiger partial charge on any atom is 0.154 e. The molecule has 0 aliphatic rings. The fourth-order valence-electron chi connectivity index (χ4n) is 0.997. The number of Topliss-reactive ketones (excluding diaryl/α,β-unsaturated/α-hetero) is 1. The lowest BCUT2D eigenvalue weighted by Gasteiger charge is -2.06. The zero-order valence-corrected chi connectivity index (χ0v) is 8.01. The van der Waals surface area contributed by atoms with Gasteiger partial charge in [0.05, 0.1) is 0 Å². The first-order valence-electron chi connectivity index (χ1n) is 4.07. The molecule has 0 spiro atoms. The van der Waals surface area contributed by atoms with Crippen molar-refractivity contribution in [2.24, 2.45) is 0 Å². The van der Waals surface area contributed by atoms with Crippen LogP contribution in [0.15, 0.2) is 24.3 Å². The maximum absolute atomic E-state index is 12.5. The standard InChI is InChI=1S/C10H10ClFO/c1-2-9(13)10(11)7-3-5-8(12)6-4-7/h3-6,10H,2H2,1H3. The molecule has 0 saturated carbocycles. The van der Waals surface area contributed by atoms with Crippen molar-refractivity contribution in [3.63, 3.8) is 0 Å². The van der Waals surface area contributed by atoms with E-state index in [1.165, 1.54) is 24.3 Å². The number of halogens is 2. The highest BCUT2D eigenvalue weighted by atomic mass is 35.5. The van der Waals surface area contributed by atoms with Crippen molar-refractivity contribution < 1.29 is 9.18 Å². The molecule has 0 saturated heterocycles. The summed E-state index contributed by atoms with van der Waals surface area (Å²) in [4.78, 5) is 11.2. The van der Waals surface area contributed by atoms with Crippen LogP contribution < -0.4 is 0 Å². The van der Waals surface area contributed by atoms with Crippen LogP contribution in [0.3, 0.4) is 0 Å². The average Bonchev–Trinajstić information content (AvgIpc) is 2.17. The topological polar surface area (TPSA) is 17.1 Å². The Hall–Kier alpha value is -0.890. The second kappa shape index (κ2) is 4.38. The summed E-state index contributed by atoms with van der Waals surface area (Å²) in [6.07, 6.45) is 0.394. The van der Waals surface area contributed by atoms with Gasteiger partial charge in [0.1, 0.15) is 11.2 Å². The third kappa shape index (κ3) is 2.52. The average molecular weight is 201 g/mol. The van der Waals surface area contributed by atoms with E-state index in [0.29, 0.717) is 12.0 Å². The molecule has 1 atom stereocenters. The van der Waals surface area contributed by atoms with Crippen LogP contribution in [0.25, 0.3) is 0 Å². The van der Waals surface area contributed by atoms with E-state index >= 15 is 0 Å². The minimum Gasteiger partial charge on any atom is -0.298 e. The minimum absolute atomic E-state index is 0.0479. The highest BCUT2D eigenvalue weighted by Gasteiger charge is 2.14. The molecule has 13 heavy (non-hydrogen) atoms. The van der Waals surface area contributed by atoms with Gasteiger partial charge in [-0.1, -0.05) is 19.1 Å². The van der Waals surface area contributed by atoms with Crippen LogP contribution in [-0.4, -0.2) is 5.78 Å². The quantitative estimate of drug-likeness (QED) is 0.686. The highest BCUT2D eigenvalue weighted by Crippen LogP contribution is 2.22. The van der Waals surface area contributed by atoms with Crippen molar-refractivity contribution in [3.8, 4) is 0 Å². The molecule has 0 N–H and O–H groups in total. The molecular formula is C10H10ClFO. The van der Waals surface area contributed by atoms with E-state index in [1.54, 1.807) is 6.92 Å². The van der Waals surface area contributed by atoms with E-state index in [-0.39, 0.29) is 11.6 Å². The van der Waals surface area contributed by atoms with Gasteiger partial charge < -0.3 is 0 Å². The van der Waals surface area contributed by atoms with Crippen LogP contribution in [-0.2, 0) is 4.79 Å². The summed E-state index contributed by atoms with van der Waals surface area (Å²) in [7, 11) is 0. The Kier molecular flexibility index (Phi) is 3.43. The Morgan fingerprint density at radius 3 is 2.46 bits per heavy atom. The summed E-state index contributed by atoms with van der Waals surface area (Å²) in [5.74, 6) is -0.371. The van der Waals surface area contributed by atoms with Gasteiger partial charge in [-0.15, -0.1) is 11.6 Å². The summed E-state index contributed by atoms with van der Waals surface area (Å²) < 4.78 is 12.5. The van der Waals surface area contributed by atoms with Crippen molar-refractivity contribution in [1.82, 2.24) is 0 Å². The number of carbonyl (C=O) groups is 1. The van der Waals surface area contributed by atoms with Crippen molar-refractivity contribution in [2.75, 3.05) is 0 Å². The molecule has 0 fully saturated rings. The fourth-order valence-corrected chi connectivity index (χ4v) is 1.30. The predicted octanol–water partition coefficient (Wildman–Crippen LogP) is 3.08. The molecule has 1 aromatic rings. The lowest BCUT2D eigenvalue weighted by Crippen LogP contribution is -2.04. The monoisotopic (exact) mass is 200 g/mol. The summed E-state index contributed by atoms with van der Waals surface area (Å²) in [6, 6.07) is 5.66. The number of benzene rings is 1. The Balaban J connectivity index is 2.83. The first kappa shape index (κ1) is 10.2. The van der Waals surface area contributed by atoms with Crippen LogP contribution in [0, 0.1) is 5.82 Å². The molecule has 0 aliphatic carbocycles. The number of rotatable bonds is 3. The fraction of sp³-hybridized carbons (Fsp3) is 0.300. The van der Waals surface area contributed by atoms with Crippen molar-refractivity contribution >= 4 is 17.4 Å². The van der Waals surface area contributed by atoms with E-state index in [4.69, 9.17) is 11.6 Å². The van der Waals surface area contributed by atoms with Crippen LogP contribution in [0.2, 0.25) is 0 Å². The lowest BCUT2D eigenvalue weighted by molar-refractivity contribution is -0.118. The smallest absolute Gasteiger partial charge is 0.154 e. The molecule has 1 rings (SSSR count). The summed E-state index contributed by atoms with van der Waals surface area (Å²) in [5, 5.41) is -0.648. The third-order valence-corrected chi connectivity index (χ3v) is 2.29. The van der Waals surface area contributed by atoms with Crippen LogP contribution >= 0.6 is 11.6 Å². The number of carbonyl (C=O) groups excluding carboxylic acids is 1. The van der Waals surface area contributed by atoms with Gasteiger partial charge in [-0.05, 0) is 17.7 Å². The SMILES string of the molecule is CCC(=O)C(Cl)c1ccc(F)cc1. The van der Waals surface area contributed by atoms with E-state index in [2.05, 4.69) is 0 Å². The molecule has 0 amide bonds. The number of hydrogen-bond acceptors (Lipinski definition) is 1. The van der Waals surface area contributed by atoms with Crippen LogP contribution in [0.4, 0.5) is 4.39 Å². The lowest BCUT2D eigenvalue weighted by atomic mass is 10.1. The van der Waals surface area contributed by atoms with Crippen molar-refractivity contribution in [1.29, 1.82) is 0 Å². The van der Waals surface area contributed by atoms with Crippen molar-refractivity contribution in [2.45, 2.75) is 18.7 Å². The van der Waals surface area contributed by atoms with E-state index in [0.717, 1.165) is 0 Å². The zero-order valence-electron chi connectivity index (χ0n) is 7.26. The second-order valence-electron chi connectivity index (χ2n) is 2.73. The largest absolute Gasteiger partial charge is 0.298 e. The Labute approximate surface area is 81.5 Å². The maximum atomic E-state index is 12.5. The molecule has 1 nitrogen and oxygen atoms in total. The molecule has 0 aliphatic heterocycles. The van der Waals surface area contributed by atoms with Gasteiger partial charge in [0.2, 0.25) is 0 Å². The number of alkyl halides is 1. The van der Waals surface area contributed by atoms with E-state index < -0.39 is 5.38 Å². The van der Waals surface area contributed by atoms with Gasteiger partial charge in [-0.2, -0.15) is 0 Å². The first-order valence-corrected chi connectivity index (χ1v) is 4.51. The molecule has 0 aromatic heterocycles. The van der Waals surface area contributed by atoms with Gasteiger partial charge in [0.15, 0.2) is 5.78 Å². The van der Waals surface area contributed by atoms with Crippen molar-refractivity contribution in [3.05, 3.63) is 35.6 Å². The molecule has 3 heteroatoms. The first-order chi connectivity index (χ1) is 6.15.